The third-order valence-electron chi connectivity index (χ3n) is 3.15. The van der Waals surface area contributed by atoms with Crippen molar-refractivity contribution in [1.29, 1.82) is 0 Å². The summed E-state index contributed by atoms with van der Waals surface area (Å²) in [6.07, 6.45) is 3.98. The highest BCUT2D eigenvalue weighted by molar-refractivity contribution is 5.94. The maximum Gasteiger partial charge on any atom is 0.218 e. The van der Waals surface area contributed by atoms with Crippen LogP contribution in [-0.4, -0.2) is 0 Å². The number of nitrogens with zero attached hydrogens (tertiary/aromatic N) is 1. The summed E-state index contributed by atoms with van der Waals surface area (Å²) in [6, 6.07) is 15.6. The summed E-state index contributed by atoms with van der Waals surface area (Å²) in [4.78, 5) is 0. The molecule has 0 radical (unpaired) electrons. The van der Waals surface area contributed by atoms with Gasteiger partial charge in [-0.3, -0.25) is 0 Å². The Kier molecular flexibility index (Phi) is 2.49. The molecule has 0 fully saturated rings. The van der Waals surface area contributed by atoms with Crippen molar-refractivity contribution in [1.82, 2.24) is 0 Å². The van der Waals surface area contributed by atoms with E-state index in [-0.39, 0.29) is 5.75 Å². The highest BCUT2D eigenvalue weighted by Gasteiger charge is 2.11. The largest absolute Gasteiger partial charge is 0.872 e. The van der Waals surface area contributed by atoms with Crippen LogP contribution in [0.3, 0.4) is 0 Å². The van der Waals surface area contributed by atoms with Gasteiger partial charge >= 0.3 is 0 Å². The standard InChI is InChI=1S/C16H13NO/c1-12-11-15(17-9-5-2-6-10-17)13-7-3-4-8-14(13)16(12)18/h2-11H,1H3. The monoisotopic (exact) mass is 235 g/mol. The van der Waals surface area contributed by atoms with E-state index in [0.29, 0.717) is 0 Å². The van der Waals surface area contributed by atoms with Gasteiger partial charge in [0.2, 0.25) is 5.69 Å². The van der Waals surface area contributed by atoms with Crippen LogP contribution in [0.5, 0.6) is 5.75 Å². The average Bonchev–Trinajstić information content (AvgIpc) is 2.44. The lowest BCUT2D eigenvalue weighted by atomic mass is 10.0. The maximum absolute atomic E-state index is 12.1. The van der Waals surface area contributed by atoms with Crippen LogP contribution in [0, 0.1) is 6.92 Å². The second-order valence-electron chi connectivity index (χ2n) is 4.37. The summed E-state index contributed by atoms with van der Waals surface area (Å²) in [5.41, 5.74) is 1.82. The van der Waals surface area contributed by atoms with Crippen molar-refractivity contribution in [2.75, 3.05) is 0 Å². The smallest absolute Gasteiger partial charge is 0.218 e. The van der Waals surface area contributed by atoms with E-state index in [9.17, 15) is 5.11 Å². The van der Waals surface area contributed by atoms with Gasteiger partial charge in [0.05, 0.1) is 5.39 Å². The van der Waals surface area contributed by atoms with E-state index in [1.807, 2.05) is 72.4 Å². The second kappa shape index (κ2) is 4.15. The average molecular weight is 235 g/mol. The molecule has 88 valence electrons. The number of hydrogen-bond acceptors (Lipinski definition) is 1. The molecule has 0 spiro atoms. The van der Waals surface area contributed by atoms with Crippen molar-refractivity contribution in [2.45, 2.75) is 6.92 Å². The van der Waals surface area contributed by atoms with Crippen LogP contribution in [-0.2, 0) is 0 Å². The lowest BCUT2D eigenvalue weighted by Gasteiger charge is -2.14. The zero-order valence-corrected chi connectivity index (χ0v) is 10.1. The Bertz CT molecular complexity index is 705. The summed E-state index contributed by atoms with van der Waals surface area (Å²) in [5.74, 6) is 0.117. The number of aromatic nitrogens is 1. The Morgan fingerprint density at radius 2 is 1.56 bits per heavy atom. The van der Waals surface area contributed by atoms with Gasteiger partial charge in [0, 0.05) is 18.2 Å². The first-order chi connectivity index (χ1) is 8.77. The normalized spacial score (nSPS) is 10.7. The SMILES string of the molecule is Cc1cc(-[n+]2ccccc2)c2ccccc2c1[O-]. The fourth-order valence-corrected chi connectivity index (χ4v) is 2.24. The van der Waals surface area contributed by atoms with Gasteiger partial charge in [-0.15, -0.1) is 0 Å². The minimum atomic E-state index is 0.117. The Balaban J connectivity index is 2.40. The Hall–Kier alpha value is -2.35. The summed E-state index contributed by atoms with van der Waals surface area (Å²) in [6.45, 7) is 1.86. The Morgan fingerprint density at radius 1 is 0.889 bits per heavy atom. The summed E-state index contributed by atoms with van der Waals surface area (Å²) >= 11 is 0. The molecule has 18 heavy (non-hydrogen) atoms. The number of benzene rings is 2. The molecule has 2 heteroatoms. The third-order valence-corrected chi connectivity index (χ3v) is 3.15. The van der Waals surface area contributed by atoms with Crippen LogP contribution < -0.4 is 9.67 Å². The lowest BCUT2D eigenvalue weighted by molar-refractivity contribution is -0.594. The van der Waals surface area contributed by atoms with Crippen LogP contribution in [0.2, 0.25) is 0 Å². The quantitative estimate of drug-likeness (QED) is 0.595. The fourth-order valence-electron chi connectivity index (χ4n) is 2.24. The first-order valence-corrected chi connectivity index (χ1v) is 5.93. The van der Waals surface area contributed by atoms with Gasteiger partial charge in [0.25, 0.3) is 0 Å². The zero-order chi connectivity index (χ0) is 12.5. The van der Waals surface area contributed by atoms with Gasteiger partial charge < -0.3 is 5.11 Å². The lowest BCUT2D eigenvalue weighted by Crippen LogP contribution is -2.29. The zero-order valence-electron chi connectivity index (χ0n) is 10.1. The molecule has 2 aromatic carbocycles. The van der Waals surface area contributed by atoms with Crippen molar-refractivity contribution in [2.24, 2.45) is 0 Å². The highest BCUT2D eigenvalue weighted by Crippen LogP contribution is 2.29. The molecule has 0 aliphatic heterocycles. The molecule has 0 N–H and O–H groups in total. The predicted molar refractivity (Wildman–Crippen MR) is 69.7 cm³/mol. The van der Waals surface area contributed by atoms with Crippen molar-refractivity contribution >= 4 is 10.8 Å². The van der Waals surface area contributed by atoms with Crippen molar-refractivity contribution in [3.05, 3.63) is 66.5 Å². The molecule has 3 rings (SSSR count). The molecule has 0 saturated carbocycles. The van der Waals surface area contributed by atoms with E-state index in [1.165, 1.54) is 0 Å². The summed E-state index contributed by atoms with van der Waals surface area (Å²) in [7, 11) is 0. The molecule has 0 aliphatic carbocycles. The summed E-state index contributed by atoms with van der Waals surface area (Å²) in [5, 5.41) is 13.9. The second-order valence-corrected chi connectivity index (χ2v) is 4.37. The minimum Gasteiger partial charge on any atom is -0.872 e. The van der Waals surface area contributed by atoms with E-state index < -0.39 is 0 Å². The maximum atomic E-state index is 12.1. The molecule has 0 aliphatic rings. The van der Waals surface area contributed by atoms with E-state index >= 15 is 0 Å². The van der Waals surface area contributed by atoms with Gasteiger partial charge in [0.1, 0.15) is 0 Å². The molecule has 3 aromatic rings. The number of pyridine rings is 1. The molecule has 0 amide bonds. The van der Waals surface area contributed by atoms with Crippen LogP contribution in [0.4, 0.5) is 0 Å². The molecule has 0 unspecified atom stereocenters. The molecule has 1 heterocycles. The van der Waals surface area contributed by atoms with Crippen LogP contribution in [0.15, 0.2) is 60.9 Å². The van der Waals surface area contributed by atoms with E-state index in [0.717, 1.165) is 22.0 Å². The number of rotatable bonds is 1. The predicted octanol–water partition coefficient (Wildman–Crippen LogP) is 2.50. The number of fused-ring (bicyclic) bond motifs is 1. The molecule has 1 aromatic heterocycles. The van der Waals surface area contributed by atoms with Crippen LogP contribution >= 0.6 is 0 Å². The first kappa shape index (κ1) is 10.8. The van der Waals surface area contributed by atoms with Crippen molar-refractivity contribution < 1.29 is 9.67 Å². The van der Waals surface area contributed by atoms with Gasteiger partial charge in [-0.05, 0) is 18.4 Å². The van der Waals surface area contributed by atoms with E-state index in [4.69, 9.17) is 0 Å². The van der Waals surface area contributed by atoms with Crippen LogP contribution in [0.1, 0.15) is 5.56 Å². The molecule has 0 bridgehead atoms. The van der Waals surface area contributed by atoms with Crippen LogP contribution in [0.25, 0.3) is 16.5 Å². The van der Waals surface area contributed by atoms with Gasteiger partial charge in [-0.2, -0.15) is 4.57 Å². The molecule has 0 saturated heterocycles. The Morgan fingerprint density at radius 3 is 2.28 bits per heavy atom. The number of aryl methyl sites for hydroxylation is 1. The van der Waals surface area contributed by atoms with Crippen molar-refractivity contribution in [3.63, 3.8) is 0 Å². The first-order valence-electron chi connectivity index (χ1n) is 5.93. The van der Waals surface area contributed by atoms with Gasteiger partial charge in [0.15, 0.2) is 12.4 Å². The van der Waals surface area contributed by atoms with Gasteiger partial charge in [-0.1, -0.05) is 35.6 Å². The topological polar surface area (TPSA) is 26.9 Å². The highest BCUT2D eigenvalue weighted by atomic mass is 16.3. The van der Waals surface area contributed by atoms with E-state index in [1.54, 1.807) is 0 Å². The van der Waals surface area contributed by atoms with Crippen molar-refractivity contribution in [3.8, 4) is 11.4 Å². The Labute approximate surface area is 106 Å². The third kappa shape index (κ3) is 1.63. The van der Waals surface area contributed by atoms with E-state index in [2.05, 4.69) is 0 Å². The summed E-state index contributed by atoms with van der Waals surface area (Å²) < 4.78 is 2.04. The fraction of sp³-hybridized carbons (Fsp3) is 0.0625. The number of hydrogen-bond donors (Lipinski definition) is 0. The molecule has 0 atom stereocenters. The molecular formula is C16H13NO. The minimum absolute atomic E-state index is 0.117. The molecule has 2 nitrogen and oxygen atoms in total. The van der Waals surface area contributed by atoms with Gasteiger partial charge in [-0.25, -0.2) is 0 Å². The molecular weight excluding hydrogens is 222 g/mol.